The number of nitrogens with zero attached hydrogens (tertiary/aromatic N) is 2. The molecule has 0 radical (unpaired) electrons. The number of hydrogen-bond donors (Lipinski definition) is 1. The maximum Gasteiger partial charge on any atom is 0.336 e. The zero-order valence-electron chi connectivity index (χ0n) is 11.8. The Labute approximate surface area is 122 Å². The first-order valence-corrected chi connectivity index (χ1v) is 7.26. The van der Waals surface area contributed by atoms with E-state index in [2.05, 4.69) is 0 Å². The molecule has 21 heavy (non-hydrogen) atoms. The lowest BCUT2D eigenvalue weighted by molar-refractivity contribution is -0.132. The molecule has 2 heterocycles. The van der Waals surface area contributed by atoms with E-state index in [-0.39, 0.29) is 18.0 Å². The Hall–Kier alpha value is -2.30. The zero-order valence-corrected chi connectivity index (χ0v) is 11.8. The van der Waals surface area contributed by atoms with Crippen LogP contribution in [-0.2, 0) is 11.3 Å². The van der Waals surface area contributed by atoms with Gasteiger partial charge in [-0.15, -0.1) is 0 Å². The van der Waals surface area contributed by atoms with Gasteiger partial charge < -0.3 is 14.6 Å². The van der Waals surface area contributed by atoms with E-state index in [4.69, 9.17) is 0 Å². The van der Waals surface area contributed by atoms with Gasteiger partial charge in [0.15, 0.2) is 0 Å². The summed E-state index contributed by atoms with van der Waals surface area (Å²) in [6, 6.07) is 6.92. The second kappa shape index (κ2) is 5.60. The average molecular weight is 286 g/mol. The van der Waals surface area contributed by atoms with E-state index < -0.39 is 5.97 Å². The average Bonchev–Trinajstić information content (AvgIpc) is 2.91. The van der Waals surface area contributed by atoms with Crippen LogP contribution in [0.1, 0.15) is 29.6 Å². The molecule has 5 heteroatoms. The van der Waals surface area contributed by atoms with Crippen molar-refractivity contribution >= 4 is 22.8 Å². The summed E-state index contributed by atoms with van der Waals surface area (Å²) < 4.78 is 1.83. The minimum atomic E-state index is -0.944. The zero-order chi connectivity index (χ0) is 14.8. The van der Waals surface area contributed by atoms with E-state index in [0.717, 1.165) is 31.4 Å². The second-order valence-electron chi connectivity index (χ2n) is 5.43. The minimum absolute atomic E-state index is 0.105. The van der Waals surface area contributed by atoms with Crippen LogP contribution in [0, 0.1) is 0 Å². The summed E-state index contributed by atoms with van der Waals surface area (Å²) in [5, 5.41) is 9.87. The SMILES string of the molecule is O=C(O)c1cccc2c1ccn2CC(=O)N1CCCCC1. The number of rotatable bonds is 3. The molecule has 1 aliphatic rings. The number of carboxylic acid groups (broad SMARTS) is 1. The van der Waals surface area contributed by atoms with Crippen LogP contribution in [0.2, 0.25) is 0 Å². The van der Waals surface area contributed by atoms with Gasteiger partial charge in [-0.25, -0.2) is 4.79 Å². The lowest BCUT2D eigenvalue weighted by Crippen LogP contribution is -2.37. The number of benzene rings is 1. The molecule has 1 N–H and O–H groups in total. The predicted molar refractivity (Wildman–Crippen MR) is 79.3 cm³/mol. The summed E-state index contributed by atoms with van der Waals surface area (Å²) in [4.78, 5) is 25.4. The fraction of sp³-hybridized carbons (Fsp3) is 0.375. The first-order valence-electron chi connectivity index (χ1n) is 7.26. The number of hydrogen-bond acceptors (Lipinski definition) is 2. The molecule has 0 atom stereocenters. The lowest BCUT2D eigenvalue weighted by Gasteiger charge is -2.27. The molecule has 3 rings (SSSR count). The maximum absolute atomic E-state index is 12.3. The minimum Gasteiger partial charge on any atom is -0.478 e. The van der Waals surface area contributed by atoms with Gasteiger partial charge in [0.2, 0.25) is 5.91 Å². The van der Waals surface area contributed by atoms with Crippen molar-refractivity contribution in [1.82, 2.24) is 9.47 Å². The van der Waals surface area contributed by atoms with Crippen LogP contribution in [0.5, 0.6) is 0 Å². The van der Waals surface area contributed by atoms with Crippen LogP contribution < -0.4 is 0 Å². The predicted octanol–water partition coefficient (Wildman–Crippen LogP) is 2.35. The number of amides is 1. The van der Waals surface area contributed by atoms with Crippen molar-refractivity contribution < 1.29 is 14.7 Å². The molecule has 1 aromatic heterocycles. The molecule has 1 aromatic carbocycles. The molecule has 0 bridgehead atoms. The number of aromatic carboxylic acids is 1. The molecule has 0 unspecified atom stereocenters. The van der Waals surface area contributed by atoms with Gasteiger partial charge in [-0.1, -0.05) is 6.07 Å². The molecule has 2 aromatic rings. The molecule has 110 valence electrons. The molecule has 5 nitrogen and oxygen atoms in total. The van der Waals surface area contributed by atoms with Crippen molar-refractivity contribution in [2.75, 3.05) is 13.1 Å². The van der Waals surface area contributed by atoms with E-state index in [1.807, 2.05) is 15.5 Å². The monoisotopic (exact) mass is 286 g/mol. The summed E-state index contributed by atoms with van der Waals surface area (Å²) in [5.74, 6) is -0.839. The van der Waals surface area contributed by atoms with Gasteiger partial charge >= 0.3 is 5.97 Å². The third kappa shape index (κ3) is 2.63. The molecule has 1 amide bonds. The quantitative estimate of drug-likeness (QED) is 0.942. The number of likely N-dealkylation sites (tertiary alicyclic amines) is 1. The summed E-state index contributed by atoms with van der Waals surface area (Å²) >= 11 is 0. The summed E-state index contributed by atoms with van der Waals surface area (Å²) in [6.07, 6.45) is 5.12. The largest absolute Gasteiger partial charge is 0.478 e. The Kier molecular flexibility index (Phi) is 3.64. The molecule has 1 aliphatic heterocycles. The summed E-state index contributed by atoms with van der Waals surface area (Å²) in [5.41, 5.74) is 1.07. The Morgan fingerprint density at radius 1 is 1.10 bits per heavy atom. The van der Waals surface area contributed by atoms with Gasteiger partial charge in [0, 0.05) is 30.2 Å². The molecule has 0 spiro atoms. The number of carbonyl (C=O) groups is 2. The van der Waals surface area contributed by atoms with Crippen LogP contribution in [0.25, 0.3) is 10.9 Å². The van der Waals surface area contributed by atoms with Crippen molar-refractivity contribution in [3.05, 3.63) is 36.0 Å². The third-order valence-electron chi connectivity index (χ3n) is 4.06. The Morgan fingerprint density at radius 3 is 2.57 bits per heavy atom. The molecule has 0 saturated carbocycles. The van der Waals surface area contributed by atoms with E-state index in [1.54, 1.807) is 24.4 Å². The van der Waals surface area contributed by atoms with Crippen LogP contribution in [0.3, 0.4) is 0 Å². The van der Waals surface area contributed by atoms with Gasteiger partial charge in [0.25, 0.3) is 0 Å². The second-order valence-corrected chi connectivity index (χ2v) is 5.43. The Bertz CT molecular complexity index is 684. The topological polar surface area (TPSA) is 62.5 Å². The van der Waals surface area contributed by atoms with Crippen molar-refractivity contribution in [3.63, 3.8) is 0 Å². The van der Waals surface area contributed by atoms with Crippen LogP contribution in [0.4, 0.5) is 0 Å². The molecular formula is C16H18N2O3. The first kappa shape index (κ1) is 13.7. The van der Waals surface area contributed by atoms with Crippen molar-refractivity contribution in [2.24, 2.45) is 0 Å². The van der Waals surface area contributed by atoms with Gasteiger partial charge in [0.1, 0.15) is 6.54 Å². The highest BCUT2D eigenvalue weighted by molar-refractivity contribution is 6.03. The maximum atomic E-state index is 12.3. The highest BCUT2D eigenvalue weighted by Gasteiger charge is 2.18. The van der Waals surface area contributed by atoms with E-state index in [1.165, 1.54) is 6.42 Å². The summed E-state index contributed by atoms with van der Waals surface area (Å²) in [7, 11) is 0. The van der Waals surface area contributed by atoms with Crippen LogP contribution in [0.15, 0.2) is 30.5 Å². The Morgan fingerprint density at radius 2 is 1.86 bits per heavy atom. The highest BCUT2D eigenvalue weighted by atomic mass is 16.4. The van der Waals surface area contributed by atoms with Gasteiger partial charge in [-0.05, 0) is 37.5 Å². The van der Waals surface area contributed by atoms with E-state index in [0.29, 0.717) is 5.39 Å². The van der Waals surface area contributed by atoms with Crippen molar-refractivity contribution in [1.29, 1.82) is 0 Å². The van der Waals surface area contributed by atoms with Crippen LogP contribution in [-0.4, -0.2) is 39.5 Å². The number of aromatic nitrogens is 1. The highest BCUT2D eigenvalue weighted by Crippen LogP contribution is 2.21. The number of carbonyl (C=O) groups excluding carboxylic acids is 1. The molecular weight excluding hydrogens is 268 g/mol. The lowest BCUT2D eigenvalue weighted by atomic mass is 10.1. The number of fused-ring (bicyclic) bond motifs is 1. The van der Waals surface area contributed by atoms with Crippen molar-refractivity contribution in [2.45, 2.75) is 25.8 Å². The van der Waals surface area contributed by atoms with Crippen LogP contribution >= 0.6 is 0 Å². The molecule has 1 saturated heterocycles. The smallest absolute Gasteiger partial charge is 0.336 e. The normalized spacial score (nSPS) is 15.3. The molecule has 1 fully saturated rings. The standard InChI is InChI=1S/C16H18N2O3/c19-15(17-8-2-1-3-9-17)11-18-10-7-12-13(16(20)21)5-4-6-14(12)18/h4-7,10H,1-3,8-9,11H2,(H,20,21). The van der Waals surface area contributed by atoms with E-state index >= 15 is 0 Å². The van der Waals surface area contributed by atoms with Crippen molar-refractivity contribution in [3.8, 4) is 0 Å². The Balaban J connectivity index is 1.86. The third-order valence-corrected chi connectivity index (χ3v) is 4.06. The van der Waals surface area contributed by atoms with E-state index in [9.17, 15) is 14.7 Å². The number of carboxylic acids is 1. The first-order chi connectivity index (χ1) is 10.2. The fourth-order valence-corrected chi connectivity index (χ4v) is 2.94. The van der Waals surface area contributed by atoms with Gasteiger partial charge in [0.05, 0.1) is 5.56 Å². The summed E-state index contributed by atoms with van der Waals surface area (Å²) in [6.45, 7) is 1.93. The van der Waals surface area contributed by atoms with Gasteiger partial charge in [-0.3, -0.25) is 4.79 Å². The number of piperidine rings is 1. The van der Waals surface area contributed by atoms with Gasteiger partial charge in [-0.2, -0.15) is 0 Å². The molecule has 0 aliphatic carbocycles. The fourth-order valence-electron chi connectivity index (χ4n) is 2.94.